The van der Waals surface area contributed by atoms with E-state index < -0.39 is 0 Å². The summed E-state index contributed by atoms with van der Waals surface area (Å²) in [6.07, 6.45) is 3.32. The van der Waals surface area contributed by atoms with Crippen LogP contribution in [0.25, 0.3) is 0 Å². The molecule has 0 aromatic heterocycles. The Hall–Kier alpha value is -0.610. The van der Waals surface area contributed by atoms with Crippen LogP contribution in [0.4, 0.5) is 0 Å². The van der Waals surface area contributed by atoms with E-state index in [4.69, 9.17) is 5.73 Å². The highest BCUT2D eigenvalue weighted by atomic mass is 16.2. The first kappa shape index (κ1) is 9.93. The van der Waals surface area contributed by atoms with Crippen molar-refractivity contribution in [1.29, 1.82) is 0 Å². The van der Waals surface area contributed by atoms with E-state index in [-0.39, 0.29) is 11.9 Å². The third-order valence-electron chi connectivity index (χ3n) is 3.23. The van der Waals surface area contributed by atoms with Crippen LogP contribution < -0.4 is 11.1 Å². The van der Waals surface area contributed by atoms with Gasteiger partial charge in [-0.25, -0.2) is 0 Å². The summed E-state index contributed by atoms with van der Waals surface area (Å²) in [5, 5.41) is 2.99. The van der Waals surface area contributed by atoms with E-state index in [9.17, 15) is 4.79 Å². The SMILES string of the molecule is CC1C(N)CCN1CC(=O)NC1CC1. The molecule has 0 radical (unpaired) electrons. The fraction of sp³-hybridized carbons (Fsp3) is 0.900. The Labute approximate surface area is 84.8 Å². The number of hydrogen-bond acceptors (Lipinski definition) is 3. The molecule has 0 spiro atoms. The van der Waals surface area contributed by atoms with Crippen molar-refractivity contribution in [3.05, 3.63) is 0 Å². The van der Waals surface area contributed by atoms with Crippen molar-refractivity contribution < 1.29 is 4.79 Å². The largest absolute Gasteiger partial charge is 0.352 e. The smallest absolute Gasteiger partial charge is 0.234 e. The molecule has 1 amide bonds. The van der Waals surface area contributed by atoms with Crippen LogP contribution in [0.1, 0.15) is 26.2 Å². The summed E-state index contributed by atoms with van der Waals surface area (Å²) < 4.78 is 0. The summed E-state index contributed by atoms with van der Waals surface area (Å²) >= 11 is 0. The van der Waals surface area contributed by atoms with Gasteiger partial charge in [0.2, 0.25) is 5.91 Å². The maximum atomic E-state index is 11.5. The van der Waals surface area contributed by atoms with Crippen molar-refractivity contribution in [2.75, 3.05) is 13.1 Å². The summed E-state index contributed by atoms with van der Waals surface area (Å²) in [5.74, 6) is 0.161. The van der Waals surface area contributed by atoms with Gasteiger partial charge in [-0.3, -0.25) is 9.69 Å². The highest BCUT2D eigenvalue weighted by Crippen LogP contribution is 2.19. The number of amides is 1. The van der Waals surface area contributed by atoms with E-state index in [1.807, 2.05) is 0 Å². The van der Waals surface area contributed by atoms with Crippen LogP contribution >= 0.6 is 0 Å². The molecule has 2 rings (SSSR count). The highest BCUT2D eigenvalue weighted by Gasteiger charge is 2.30. The van der Waals surface area contributed by atoms with Crippen LogP contribution in [-0.2, 0) is 4.79 Å². The fourth-order valence-corrected chi connectivity index (χ4v) is 1.94. The lowest BCUT2D eigenvalue weighted by molar-refractivity contribution is -0.122. The summed E-state index contributed by atoms with van der Waals surface area (Å²) in [4.78, 5) is 13.7. The number of hydrogen-bond donors (Lipinski definition) is 2. The summed E-state index contributed by atoms with van der Waals surface area (Å²) in [7, 11) is 0. The lowest BCUT2D eigenvalue weighted by Gasteiger charge is -2.22. The first-order chi connectivity index (χ1) is 6.66. The minimum atomic E-state index is 0.161. The van der Waals surface area contributed by atoms with E-state index in [0.717, 1.165) is 25.8 Å². The number of carbonyl (C=O) groups excluding carboxylic acids is 1. The van der Waals surface area contributed by atoms with E-state index in [0.29, 0.717) is 18.6 Å². The second kappa shape index (κ2) is 3.87. The maximum Gasteiger partial charge on any atom is 0.234 e. The highest BCUT2D eigenvalue weighted by molar-refractivity contribution is 5.78. The van der Waals surface area contributed by atoms with Crippen molar-refractivity contribution in [2.45, 2.75) is 44.3 Å². The van der Waals surface area contributed by atoms with E-state index in [1.54, 1.807) is 0 Å². The fourth-order valence-electron chi connectivity index (χ4n) is 1.94. The Morgan fingerprint density at radius 2 is 2.21 bits per heavy atom. The molecule has 2 atom stereocenters. The standard InChI is InChI=1S/C10H19N3O/c1-7-9(11)4-5-13(7)6-10(14)12-8-2-3-8/h7-9H,2-6,11H2,1H3,(H,12,14). The first-order valence-corrected chi connectivity index (χ1v) is 5.46. The zero-order valence-corrected chi connectivity index (χ0v) is 8.70. The van der Waals surface area contributed by atoms with Gasteiger partial charge >= 0.3 is 0 Å². The van der Waals surface area contributed by atoms with Gasteiger partial charge in [0.05, 0.1) is 6.54 Å². The normalized spacial score (nSPS) is 33.3. The number of nitrogens with zero attached hydrogens (tertiary/aromatic N) is 1. The number of nitrogens with two attached hydrogens (primary N) is 1. The van der Waals surface area contributed by atoms with E-state index >= 15 is 0 Å². The molecule has 3 N–H and O–H groups in total. The minimum Gasteiger partial charge on any atom is -0.352 e. The average Bonchev–Trinajstić information content (AvgIpc) is 2.89. The second-order valence-electron chi connectivity index (χ2n) is 4.51. The van der Waals surface area contributed by atoms with Gasteiger partial charge in [0.15, 0.2) is 0 Å². The molecule has 80 valence electrons. The predicted molar refractivity (Wildman–Crippen MR) is 54.8 cm³/mol. The quantitative estimate of drug-likeness (QED) is 0.652. The van der Waals surface area contributed by atoms with Crippen LogP contribution in [0, 0.1) is 0 Å². The Balaban J connectivity index is 1.75. The Bertz CT molecular complexity index is 227. The molecular formula is C10H19N3O. The molecule has 2 unspecified atom stereocenters. The van der Waals surface area contributed by atoms with Gasteiger partial charge < -0.3 is 11.1 Å². The van der Waals surface area contributed by atoms with Gasteiger partial charge in [-0.05, 0) is 26.2 Å². The van der Waals surface area contributed by atoms with Crippen LogP contribution in [0.15, 0.2) is 0 Å². The molecule has 4 nitrogen and oxygen atoms in total. The molecule has 1 aliphatic carbocycles. The third-order valence-corrected chi connectivity index (χ3v) is 3.23. The summed E-state index contributed by atoms with van der Waals surface area (Å²) in [6.45, 7) is 3.58. The Morgan fingerprint density at radius 1 is 1.50 bits per heavy atom. The van der Waals surface area contributed by atoms with Crippen molar-refractivity contribution in [1.82, 2.24) is 10.2 Å². The molecule has 2 aliphatic rings. The molecule has 0 aromatic rings. The number of likely N-dealkylation sites (tertiary alicyclic amines) is 1. The minimum absolute atomic E-state index is 0.161. The van der Waals surface area contributed by atoms with Crippen LogP contribution in [-0.4, -0.2) is 42.0 Å². The molecule has 1 saturated carbocycles. The Morgan fingerprint density at radius 3 is 2.71 bits per heavy atom. The molecular weight excluding hydrogens is 178 g/mol. The summed E-state index contributed by atoms with van der Waals surface area (Å²) in [6, 6.07) is 1.05. The van der Waals surface area contributed by atoms with Gasteiger partial charge in [0, 0.05) is 24.7 Å². The second-order valence-corrected chi connectivity index (χ2v) is 4.51. The topological polar surface area (TPSA) is 58.4 Å². The zero-order chi connectivity index (χ0) is 10.1. The monoisotopic (exact) mass is 197 g/mol. The number of rotatable bonds is 3. The lowest BCUT2D eigenvalue weighted by Crippen LogP contribution is -2.43. The molecule has 1 saturated heterocycles. The van der Waals surface area contributed by atoms with Gasteiger partial charge in [-0.2, -0.15) is 0 Å². The van der Waals surface area contributed by atoms with Gasteiger partial charge in [0.25, 0.3) is 0 Å². The van der Waals surface area contributed by atoms with Gasteiger partial charge in [0.1, 0.15) is 0 Å². The van der Waals surface area contributed by atoms with Gasteiger partial charge in [-0.1, -0.05) is 0 Å². The van der Waals surface area contributed by atoms with E-state index in [1.165, 1.54) is 0 Å². The molecule has 1 aliphatic heterocycles. The Kier molecular flexibility index (Phi) is 2.74. The van der Waals surface area contributed by atoms with Crippen molar-refractivity contribution >= 4 is 5.91 Å². The van der Waals surface area contributed by atoms with Crippen molar-refractivity contribution in [2.24, 2.45) is 5.73 Å². The number of carbonyl (C=O) groups is 1. The third kappa shape index (κ3) is 2.25. The van der Waals surface area contributed by atoms with E-state index in [2.05, 4.69) is 17.1 Å². The van der Waals surface area contributed by atoms with Crippen molar-refractivity contribution in [3.8, 4) is 0 Å². The molecule has 1 heterocycles. The van der Waals surface area contributed by atoms with Crippen LogP contribution in [0.5, 0.6) is 0 Å². The van der Waals surface area contributed by atoms with Gasteiger partial charge in [-0.15, -0.1) is 0 Å². The zero-order valence-electron chi connectivity index (χ0n) is 8.70. The van der Waals surface area contributed by atoms with Crippen LogP contribution in [0.2, 0.25) is 0 Å². The molecule has 2 fully saturated rings. The average molecular weight is 197 g/mol. The lowest BCUT2D eigenvalue weighted by atomic mass is 10.2. The summed E-state index contributed by atoms with van der Waals surface area (Å²) in [5.41, 5.74) is 5.88. The molecule has 0 aromatic carbocycles. The molecule has 4 heteroatoms. The molecule has 0 bridgehead atoms. The maximum absolute atomic E-state index is 11.5. The first-order valence-electron chi connectivity index (χ1n) is 5.46. The van der Waals surface area contributed by atoms with Crippen LogP contribution in [0.3, 0.4) is 0 Å². The predicted octanol–water partition coefficient (Wildman–Crippen LogP) is -0.313. The number of nitrogens with one attached hydrogen (secondary N) is 1. The van der Waals surface area contributed by atoms with Crippen molar-refractivity contribution in [3.63, 3.8) is 0 Å². The molecule has 14 heavy (non-hydrogen) atoms.